The highest BCUT2D eigenvalue weighted by molar-refractivity contribution is 5.94. The normalized spacial score (nSPS) is 16.6. The molecule has 4 aromatic rings. The first-order valence-corrected chi connectivity index (χ1v) is 20.2. The topological polar surface area (TPSA) is 40.6 Å². The van der Waals surface area contributed by atoms with E-state index in [2.05, 4.69) is 0 Å². The summed E-state index contributed by atoms with van der Waals surface area (Å²) in [5, 5.41) is 0. The van der Waals surface area contributed by atoms with Crippen LogP contribution < -0.4 is 0 Å². The van der Waals surface area contributed by atoms with Crippen LogP contribution in [-0.4, -0.2) is 96.0 Å². The smallest absolute Gasteiger partial charge is 0.254 e. The lowest BCUT2D eigenvalue weighted by atomic mass is 10.0. The van der Waals surface area contributed by atoms with Crippen LogP contribution in [0.1, 0.15) is 83.2 Å². The van der Waals surface area contributed by atoms with Crippen molar-refractivity contribution in [3.63, 3.8) is 0 Å². The number of nitrogens with zero attached hydrogens (tertiary/aromatic N) is 4. The van der Waals surface area contributed by atoms with E-state index < -0.39 is 0 Å². The number of unbranched alkanes of at least 4 members (excludes halogenated alkanes) is 7. The number of halogens is 2. The van der Waals surface area contributed by atoms with Gasteiger partial charge in [-0.25, -0.2) is 8.78 Å². The molecule has 2 fully saturated rings. The lowest BCUT2D eigenvalue weighted by Crippen LogP contribution is -2.60. The number of rotatable bonds is 17. The van der Waals surface area contributed by atoms with Crippen molar-refractivity contribution >= 4 is 11.8 Å². The third kappa shape index (κ3) is 11.1. The van der Waals surface area contributed by atoms with Gasteiger partial charge in [0.2, 0.25) is 0 Å². The Morgan fingerprint density at radius 1 is 0.444 bits per heavy atom. The zero-order valence-corrected chi connectivity index (χ0v) is 31.9. The van der Waals surface area contributed by atoms with Crippen LogP contribution in [-0.2, 0) is 13.1 Å². The molecule has 0 aromatic heterocycles. The third-order valence-corrected chi connectivity index (χ3v) is 11.9. The summed E-state index contributed by atoms with van der Waals surface area (Å²) in [6.45, 7) is 10.5. The second-order valence-corrected chi connectivity index (χ2v) is 15.7. The molecular formula is C46H58F2N4O2+2. The van der Waals surface area contributed by atoms with E-state index in [1.165, 1.54) is 38.5 Å². The zero-order valence-electron chi connectivity index (χ0n) is 31.9. The minimum Gasteiger partial charge on any atom is -0.327 e. The van der Waals surface area contributed by atoms with Crippen LogP contribution >= 0.6 is 0 Å². The molecule has 0 aliphatic carbocycles. The van der Waals surface area contributed by atoms with Gasteiger partial charge in [0.25, 0.3) is 11.8 Å². The second-order valence-electron chi connectivity index (χ2n) is 15.7. The Balaban J connectivity index is 0.924. The molecule has 2 heterocycles. The molecule has 4 aromatic carbocycles. The van der Waals surface area contributed by atoms with E-state index in [-0.39, 0.29) is 23.4 Å². The van der Waals surface area contributed by atoms with Gasteiger partial charge < -0.3 is 18.8 Å². The molecule has 8 heteroatoms. The average molecular weight is 737 g/mol. The van der Waals surface area contributed by atoms with E-state index in [9.17, 15) is 18.4 Å². The summed E-state index contributed by atoms with van der Waals surface area (Å²) in [6.07, 6.45) is 9.64. The Kier molecular flexibility index (Phi) is 14.0. The maximum Gasteiger partial charge on any atom is 0.254 e. The summed E-state index contributed by atoms with van der Waals surface area (Å²) in [7, 11) is 0. The Hall–Kier alpha value is -4.40. The highest BCUT2D eigenvalue weighted by Gasteiger charge is 2.36. The van der Waals surface area contributed by atoms with Gasteiger partial charge in [0.05, 0.1) is 65.4 Å². The van der Waals surface area contributed by atoms with Crippen molar-refractivity contribution in [2.24, 2.45) is 0 Å². The molecule has 0 bridgehead atoms. The molecule has 286 valence electrons. The van der Waals surface area contributed by atoms with E-state index in [1.807, 2.05) is 94.7 Å². The quantitative estimate of drug-likeness (QED) is 0.0804. The Labute approximate surface area is 321 Å². The number of amides is 2. The summed E-state index contributed by atoms with van der Waals surface area (Å²) in [4.78, 5) is 30.3. The van der Waals surface area contributed by atoms with E-state index in [4.69, 9.17) is 0 Å². The molecular weight excluding hydrogens is 679 g/mol. The molecule has 6 nitrogen and oxygen atoms in total. The average Bonchev–Trinajstić information content (AvgIpc) is 3.21. The maximum absolute atomic E-state index is 13.7. The number of hydrogen-bond donors (Lipinski definition) is 0. The molecule has 2 amide bonds. The van der Waals surface area contributed by atoms with Gasteiger partial charge >= 0.3 is 0 Å². The molecule has 0 unspecified atom stereocenters. The van der Waals surface area contributed by atoms with Gasteiger partial charge in [-0.2, -0.15) is 0 Å². The number of quaternary nitrogens is 2. The van der Waals surface area contributed by atoms with Crippen LogP contribution in [0.5, 0.6) is 0 Å². The van der Waals surface area contributed by atoms with Crippen molar-refractivity contribution in [1.82, 2.24) is 9.80 Å². The van der Waals surface area contributed by atoms with Crippen molar-refractivity contribution in [2.45, 2.75) is 64.5 Å². The van der Waals surface area contributed by atoms with E-state index in [0.29, 0.717) is 0 Å². The third-order valence-electron chi connectivity index (χ3n) is 11.9. The van der Waals surface area contributed by atoms with Gasteiger partial charge in [-0.15, -0.1) is 0 Å². The van der Waals surface area contributed by atoms with Crippen molar-refractivity contribution in [3.8, 4) is 0 Å². The van der Waals surface area contributed by atoms with Gasteiger partial charge in [0.15, 0.2) is 0 Å². The first-order chi connectivity index (χ1) is 26.3. The van der Waals surface area contributed by atoms with Crippen molar-refractivity contribution < 1.29 is 27.3 Å². The number of benzene rings is 4. The summed E-state index contributed by atoms with van der Waals surface area (Å²) >= 11 is 0. The van der Waals surface area contributed by atoms with Gasteiger partial charge in [-0.3, -0.25) is 9.59 Å². The molecule has 2 aliphatic rings. The number of carbonyl (C=O) groups is 2. The van der Waals surface area contributed by atoms with Crippen LogP contribution in [0.3, 0.4) is 0 Å². The van der Waals surface area contributed by atoms with E-state index >= 15 is 0 Å². The molecule has 2 aliphatic heterocycles. The predicted octanol–water partition coefficient (Wildman–Crippen LogP) is 8.73. The maximum atomic E-state index is 13.7. The van der Waals surface area contributed by atoms with Crippen LogP contribution in [0.4, 0.5) is 8.78 Å². The largest absolute Gasteiger partial charge is 0.327 e. The van der Waals surface area contributed by atoms with Crippen molar-refractivity contribution in [2.75, 3.05) is 65.4 Å². The molecule has 0 spiro atoms. The Morgan fingerprint density at radius 3 is 1.09 bits per heavy atom. The number of piperazine rings is 2. The van der Waals surface area contributed by atoms with Gasteiger partial charge in [0, 0.05) is 22.3 Å². The molecule has 0 saturated carbocycles. The highest BCUT2D eigenvalue weighted by atomic mass is 19.1. The fourth-order valence-electron chi connectivity index (χ4n) is 8.54. The van der Waals surface area contributed by atoms with Crippen LogP contribution in [0.15, 0.2) is 109 Å². The summed E-state index contributed by atoms with van der Waals surface area (Å²) < 4.78 is 29.3. The molecule has 0 atom stereocenters. The van der Waals surface area contributed by atoms with Crippen molar-refractivity contribution in [1.29, 1.82) is 0 Å². The summed E-state index contributed by atoms with van der Waals surface area (Å²) in [5.74, 6) is -0.190. The lowest BCUT2D eigenvalue weighted by Gasteiger charge is -2.45. The standard InChI is InChI=1S/C46H58F2N4O2/c47-43-23-19-39(20-24-43)37-51(33-27-49(28-34-51)45(53)41-15-9-7-10-16-41)31-13-5-3-1-2-4-6-14-32-52(38-40-21-25-44(48)26-22-40)35-29-50(30-36-52)46(54)42-17-11-8-12-18-42/h7-12,15-26H,1-6,13-14,27-38H2/q+2. The fourth-order valence-corrected chi connectivity index (χ4v) is 8.54. The minimum absolute atomic E-state index is 0.109. The van der Waals surface area contributed by atoms with Gasteiger partial charge in [-0.1, -0.05) is 86.3 Å². The fraction of sp³-hybridized carbons (Fsp3) is 0.435. The monoisotopic (exact) mass is 736 g/mol. The summed E-state index contributed by atoms with van der Waals surface area (Å²) in [5.41, 5.74) is 3.81. The highest BCUT2D eigenvalue weighted by Crippen LogP contribution is 2.24. The molecule has 54 heavy (non-hydrogen) atoms. The SMILES string of the molecule is O=C(c1ccccc1)N1CC[N+](CCCCCCCCCC[N+]2(Cc3ccc(F)cc3)CCN(C(=O)c3ccccc3)CC2)(Cc2ccc(F)cc2)CC1. The Morgan fingerprint density at radius 2 is 0.759 bits per heavy atom. The molecule has 2 saturated heterocycles. The first-order valence-electron chi connectivity index (χ1n) is 20.2. The Bertz CT molecular complexity index is 1600. The molecule has 0 N–H and O–H groups in total. The predicted molar refractivity (Wildman–Crippen MR) is 212 cm³/mol. The van der Waals surface area contributed by atoms with E-state index in [1.54, 1.807) is 24.3 Å². The van der Waals surface area contributed by atoms with Crippen LogP contribution in [0, 0.1) is 11.6 Å². The van der Waals surface area contributed by atoms with Gasteiger partial charge in [0.1, 0.15) is 24.7 Å². The second kappa shape index (κ2) is 19.3. The van der Waals surface area contributed by atoms with Gasteiger partial charge in [-0.05, 0) is 74.2 Å². The van der Waals surface area contributed by atoms with Crippen LogP contribution in [0.2, 0.25) is 0 Å². The molecule has 6 rings (SSSR count). The lowest BCUT2D eigenvalue weighted by molar-refractivity contribution is -0.944. The molecule has 0 radical (unpaired) electrons. The zero-order chi connectivity index (χ0) is 37.6. The first kappa shape index (κ1) is 39.3. The van der Waals surface area contributed by atoms with E-state index in [0.717, 1.165) is 123 Å². The summed E-state index contributed by atoms with van der Waals surface area (Å²) in [6, 6.07) is 33.0. The minimum atomic E-state index is -0.204. The number of carbonyl (C=O) groups excluding carboxylic acids is 2. The van der Waals surface area contributed by atoms with Crippen molar-refractivity contribution in [3.05, 3.63) is 143 Å². The van der Waals surface area contributed by atoms with Crippen LogP contribution in [0.25, 0.3) is 0 Å². The number of hydrogen-bond acceptors (Lipinski definition) is 2.